The van der Waals surface area contributed by atoms with Gasteiger partial charge in [0.1, 0.15) is 12.0 Å². The molecule has 2 rings (SSSR count). The Kier molecular flexibility index (Phi) is 4.62. The molecule has 1 aliphatic rings. The highest BCUT2D eigenvalue weighted by molar-refractivity contribution is 9.10. The van der Waals surface area contributed by atoms with Gasteiger partial charge in [0.05, 0.1) is 9.40 Å². The number of nitrogens with zero attached hydrogens (tertiary/aromatic N) is 2. The number of hydrogen-bond acceptors (Lipinski definition) is 4. The van der Waals surface area contributed by atoms with Crippen LogP contribution in [0.2, 0.25) is 0 Å². The van der Waals surface area contributed by atoms with Gasteiger partial charge in [0.15, 0.2) is 0 Å². The molecule has 1 heterocycles. The minimum absolute atomic E-state index is 0.0494. The van der Waals surface area contributed by atoms with Crippen LogP contribution in [0.3, 0.4) is 0 Å². The van der Waals surface area contributed by atoms with Gasteiger partial charge in [-0.25, -0.2) is 4.98 Å². The van der Waals surface area contributed by atoms with Crippen molar-refractivity contribution in [1.82, 2.24) is 4.98 Å². The first-order chi connectivity index (χ1) is 9.45. The van der Waals surface area contributed by atoms with Gasteiger partial charge in [0, 0.05) is 11.6 Å². The molecule has 6 heteroatoms. The molecule has 0 aromatic carbocycles. The van der Waals surface area contributed by atoms with Crippen LogP contribution in [0.4, 0.5) is 11.5 Å². The van der Waals surface area contributed by atoms with Crippen LogP contribution in [0.25, 0.3) is 0 Å². The van der Waals surface area contributed by atoms with Crippen molar-refractivity contribution in [2.45, 2.75) is 46.1 Å². The van der Waals surface area contributed by atoms with Crippen molar-refractivity contribution >= 4 is 27.4 Å². The van der Waals surface area contributed by atoms with Crippen LogP contribution in [0.5, 0.6) is 0 Å². The van der Waals surface area contributed by atoms with Crippen molar-refractivity contribution in [3.05, 3.63) is 26.3 Å². The Morgan fingerprint density at radius 1 is 1.55 bits per heavy atom. The van der Waals surface area contributed by atoms with Gasteiger partial charge in [-0.3, -0.25) is 10.1 Å². The maximum Gasteiger partial charge on any atom is 0.291 e. The minimum atomic E-state index is -0.401. The van der Waals surface area contributed by atoms with Gasteiger partial charge in [0.2, 0.25) is 0 Å². The van der Waals surface area contributed by atoms with Crippen LogP contribution in [0.1, 0.15) is 38.7 Å². The lowest BCUT2D eigenvalue weighted by Crippen LogP contribution is -2.25. The average Bonchev–Trinajstić information content (AvgIpc) is 2.75. The van der Waals surface area contributed by atoms with Crippen LogP contribution in [0.15, 0.2) is 10.7 Å². The van der Waals surface area contributed by atoms with E-state index in [9.17, 15) is 10.1 Å². The molecule has 1 aromatic rings. The first-order valence-electron chi connectivity index (χ1n) is 7.01. The van der Waals surface area contributed by atoms with Crippen molar-refractivity contribution in [2.75, 3.05) is 5.32 Å². The lowest BCUT2D eigenvalue weighted by atomic mass is 9.93. The summed E-state index contributed by atoms with van der Waals surface area (Å²) >= 11 is 3.43. The third-order valence-corrected chi connectivity index (χ3v) is 5.48. The summed E-state index contributed by atoms with van der Waals surface area (Å²) in [5.41, 5.74) is 0.665. The number of halogens is 1. The number of aromatic nitrogens is 1. The number of anilines is 1. The van der Waals surface area contributed by atoms with E-state index in [-0.39, 0.29) is 5.69 Å². The summed E-state index contributed by atoms with van der Waals surface area (Å²) in [5.74, 6) is 2.07. The molecule has 1 saturated carbocycles. The zero-order valence-corrected chi connectivity index (χ0v) is 13.6. The van der Waals surface area contributed by atoms with Crippen molar-refractivity contribution in [3.63, 3.8) is 0 Å². The number of pyridine rings is 1. The summed E-state index contributed by atoms with van der Waals surface area (Å²) in [4.78, 5) is 14.7. The fourth-order valence-electron chi connectivity index (χ4n) is 3.06. The van der Waals surface area contributed by atoms with Gasteiger partial charge in [-0.1, -0.05) is 20.3 Å². The van der Waals surface area contributed by atoms with Crippen LogP contribution in [-0.2, 0) is 0 Å². The fraction of sp³-hybridized carbons (Fsp3) is 0.643. The van der Waals surface area contributed by atoms with Gasteiger partial charge in [-0.15, -0.1) is 0 Å². The molecule has 1 aromatic heterocycles. The number of nitrogens with one attached hydrogen (secondary N) is 1. The first-order valence-corrected chi connectivity index (χ1v) is 7.81. The molecule has 0 saturated heterocycles. The van der Waals surface area contributed by atoms with Crippen molar-refractivity contribution in [2.24, 2.45) is 11.8 Å². The molecule has 1 fully saturated rings. The van der Waals surface area contributed by atoms with E-state index in [4.69, 9.17) is 0 Å². The molecule has 1 N–H and O–H groups in total. The summed E-state index contributed by atoms with van der Waals surface area (Å²) in [5, 5.41) is 14.3. The van der Waals surface area contributed by atoms with Crippen molar-refractivity contribution < 1.29 is 4.92 Å². The molecule has 0 amide bonds. The third kappa shape index (κ3) is 2.80. The average molecular weight is 342 g/mol. The second kappa shape index (κ2) is 6.08. The summed E-state index contributed by atoms with van der Waals surface area (Å²) in [6.45, 7) is 6.24. The quantitative estimate of drug-likeness (QED) is 0.654. The Labute approximate surface area is 127 Å². The Hall–Kier alpha value is -1.17. The Morgan fingerprint density at radius 3 is 2.80 bits per heavy atom. The number of hydrogen-bond donors (Lipinski definition) is 1. The smallest absolute Gasteiger partial charge is 0.291 e. The molecule has 0 spiro atoms. The summed E-state index contributed by atoms with van der Waals surface area (Å²) < 4.78 is 0.693. The Morgan fingerprint density at radius 2 is 2.25 bits per heavy atom. The van der Waals surface area contributed by atoms with Crippen molar-refractivity contribution in [3.8, 4) is 0 Å². The van der Waals surface area contributed by atoms with E-state index in [2.05, 4.69) is 40.1 Å². The first kappa shape index (κ1) is 15.2. The zero-order valence-electron chi connectivity index (χ0n) is 12.0. The predicted molar refractivity (Wildman–Crippen MR) is 82.9 cm³/mol. The zero-order chi connectivity index (χ0) is 14.9. The Balaban J connectivity index is 2.19. The van der Waals surface area contributed by atoms with E-state index in [1.54, 1.807) is 6.92 Å². The van der Waals surface area contributed by atoms with Gasteiger partial charge in [-0.2, -0.15) is 0 Å². The lowest BCUT2D eigenvalue weighted by molar-refractivity contribution is -0.385. The lowest BCUT2D eigenvalue weighted by Gasteiger charge is -2.22. The third-order valence-electron chi connectivity index (χ3n) is 4.51. The number of rotatable bonds is 4. The maximum atomic E-state index is 10.9. The summed E-state index contributed by atoms with van der Waals surface area (Å²) in [6, 6.07) is 0.393. The molecule has 20 heavy (non-hydrogen) atoms. The predicted octanol–water partition coefficient (Wildman–Crippen LogP) is 4.30. The molecule has 1 aliphatic carbocycles. The molecule has 3 unspecified atom stereocenters. The maximum absolute atomic E-state index is 10.9. The second-order valence-corrected chi connectivity index (χ2v) is 6.34. The van der Waals surface area contributed by atoms with Crippen LogP contribution >= 0.6 is 15.9 Å². The topological polar surface area (TPSA) is 68.1 Å². The monoisotopic (exact) mass is 341 g/mol. The largest absolute Gasteiger partial charge is 0.366 e. The van der Waals surface area contributed by atoms with Crippen molar-refractivity contribution in [1.29, 1.82) is 0 Å². The SMILES string of the molecule is CCC1CCC(Nc2ncc([N+](=O)[O-])c(C)c2Br)C1C. The van der Waals surface area contributed by atoms with E-state index in [1.165, 1.54) is 19.0 Å². The minimum Gasteiger partial charge on any atom is -0.366 e. The molecular weight excluding hydrogens is 322 g/mol. The molecular formula is C14H20BrN3O2. The molecule has 110 valence electrons. The van der Waals surface area contributed by atoms with Crippen LogP contribution in [-0.4, -0.2) is 15.9 Å². The number of nitro groups is 1. The van der Waals surface area contributed by atoms with E-state index in [1.807, 2.05) is 0 Å². The second-order valence-electron chi connectivity index (χ2n) is 5.54. The van der Waals surface area contributed by atoms with Gasteiger partial charge < -0.3 is 5.32 Å². The molecule has 0 aliphatic heterocycles. The highest BCUT2D eigenvalue weighted by atomic mass is 79.9. The molecule has 3 atom stereocenters. The van der Waals surface area contributed by atoms with E-state index >= 15 is 0 Å². The molecule has 0 bridgehead atoms. The molecule has 0 radical (unpaired) electrons. The van der Waals surface area contributed by atoms with Gasteiger partial charge in [0.25, 0.3) is 5.69 Å². The summed E-state index contributed by atoms with van der Waals surface area (Å²) in [7, 11) is 0. The van der Waals surface area contributed by atoms with Crippen LogP contribution < -0.4 is 5.32 Å². The molecule has 5 nitrogen and oxygen atoms in total. The standard InChI is InChI=1S/C14H20BrN3O2/c1-4-10-5-6-11(8(10)2)17-14-13(15)9(3)12(7-16-14)18(19)20/h7-8,10-11H,4-6H2,1-3H3,(H,16,17). The van der Waals surface area contributed by atoms with E-state index in [0.29, 0.717) is 27.8 Å². The Bertz CT molecular complexity index is 521. The highest BCUT2D eigenvalue weighted by Gasteiger charge is 2.32. The highest BCUT2D eigenvalue weighted by Crippen LogP contribution is 2.37. The van der Waals surface area contributed by atoms with E-state index < -0.39 is 4.92 Å². The van der Waals surface area contributed by atoms with E-state index in [0.717, 1.165) is 12.3 Å². The van der Waals surface area contributed by atoms with Gasteiger partial charge in [-0.05, 0) is 47.5 Å². The normalized spacial score (nSPS) is 25.7. The van der Waals surface area contributed by atoms with Crippen LogP contribution in [0, 0.1) is 28.9 Å². The fourth-order valence-corrected chi connectivity index (χ4v) is 3.48. The summed E-state index contributed by atoms with van der Waals surface area (Å²) in [6.07, 6.45) is 4.90. The van der Waals surface area contributed by atoms with Gasteiger partial charge >= 0.3 is 0 Å².